The largest absolute Gasteiger partial charge is 0.379 e. The van der Waals surface area contributed by atoms with Crippen molar-refractivity contribution < 1.29 is 4.74 Å². The van der Waals surface area contributed by atoms with Crippen LogP contribution in [0.1, 0.15) is 31.4 Å². The summed E-state index contributed by atoms with van der Waals surface area (Å²) in [4.78, 5) is 6.56. The van der Waals surface area contributed by atoms with Gasteiger partial charge in [0.05, 0.1) is 6.10 Å². The van der Waals surface area contributed by atoms with Crippen LogP contribution in [0, 0.1) is 0 Å². The molecule has 0 amide bonds. The van der Waals surface area contributed by atoms with Gasteiger partial charge in [0.2, 0.25) is 0 Å². The summed E-state index contributed by atoms with van der Waals surface area (Å²) in [6.45, 7) is 7.99. The molecule has 0 bridgehead atoms. The van der Waals surface area contributed by atoms with Gasteiger partial charge in [0.1, 0.15) is 0 Å². The first kappa shape index (κ1) is 16.1. The summed E-state index contributed by atoms with van der Waals surface area (Å²) in [5, 5.41) is 4.37. The molecule has 0 saturated carbocycles. The molecule has 0 N–H and O–H groups in total. The van der Waals surface area contributed by atoms with Crippen LogP contribution in [0.5, 0.6) is 0 Å². The van der Waals surface area contributed by atoms with Crippen molar-refractivity contribution in [1.82, 2.24) is 9.88 Å². The van der Waals surface area contributed by atoms with Crippen molar-refractivity contribution in [3.63, 3.8) is 0 Å². The lowest BCUT2D eigenvalue weighted by Gasteiger charge is -2.22. The molecule has 2 rings (SSSR count). The molecule has 0 unspecified atom stereocenters. The SMILES string of the molecule is CC(C)OCCCN(Cc1ccncc1)Cc1ccsc1. The van der Waals surface area contributed by atoms with Crippen LogP contribution in [-0.2, 0) is 17.8 Å². The van der Waals surface area contributed by atoms with Crippen LogP contribution < -0.4 is 0 Å². The summed E-state index contributed by atoms with van der Waals surface area (Å²) in [7, 11) is 0. The van der Waals surface area contributed by atoms with Crippen LogP contribution >= 0.6 is 11.3 Å². The van der Waals surface area contributed by atoms with Crippen molar-refractivity contribution in [1.29, 1.82) is 0 Å². The lowest BCUT2D eigenvalue weighted by Crippen LogP contribution is -2.25. The molecular formula is C17H24N2OS. The van der Waals surface area contributed by atoms with E-state index in [0.717, 1.165) is 32.7 Å². The Morgan fingerprint density at radius 1 is 1.14 bits per heavy atom. The smallest absolute Gasteiger partial charge is 0.0518 e. The summed E-state index contributed by atoms with van der Waals surface area (Å²) in [6, 6.07) is 6.38. The Morgan fingerprint density at radius 2 is 1.90 bits per heavy atom. The molecule has 0 radical (unpaired) electrons. The fraction of sp³-hybridized carbons (Fsp3) is 0.471. The molecule has 4 heteroatoms. The van der Waals surface area contributed by atoms with Crippen molar-refractivity contribution >= 4 is 11.3 Å². The molecule has 0 aliphatic rings. The number of hydrogen-bond donors (Lipinski definition) is 0. The molecule has 114 valence electrons. The Bertz CT molecular complexity index is 485. The molecule has 0 spiro atoms. The van der Waals surface area contributed by atoms with Gasteiger partial charge >= 0.3 is 0 Å². The van der Waals surface area contributed by atoms with E-state index in [2.05, 4.69) is 52.7 Å². The van der Waals surface area contributed by atoms with Crippen molar-refractivity contribution in [2.45, 2.75) is 39.5 Å². The van der Waals surface area contributed by atoms with E-state index in [1.807, 2.05) is 12.4 Å². The zero-order valence-electron chi connectivity index (χ0n) is 12.9. The van der Waals surface area contributed by atoms with Gasteiger partial charge in [-0.05, 0) is 60.4 Å². The Hall–Kier alpha value is -1.23. The first-order valence-electron chi connectivity index (χ1n) is 7.48. The van der Waals surface area contributed by atoms with Gasteiger partial charge in [-0.3, -0.25) is 9.88 Å². The molecule has 0 aliphatic heterocycles. The summed E-state index contributed by atoms with van der Waals surface area (Å²) < 4.78 is 5.64. The quantitative estimate of drug-likeness (QED) is 0.656. The maximum absolute atomic E-state index is 5.64. The Kier molecular flexibility index (Phi) is 6.86. The van der Waals surface area contributed by atoms with E-state index >= 15 is 0 Å². The maximum atomic E-state index is 5.64. The topological polar surface area (TPSA) is 25.4 Å². The van der Waals surface area contributed by atoms with Gasteiger partial charge in [0.25, 0.3) is 0 Å². The maximum Gasteiger partial charge on any atom is 0.0518 e. The second-order valence-corrected chi connectivity index (χ2v) is 6.25. The number of ether oxygens (including phenoxy) is 1. The third-order valence-electron chi connectivity index (χ3n) is 3.21. The van der Waals surface area contributed by atoms with Crippen LogP contribution in [0.2, 0.25) is 0 Å². The Balaban J connectivity index is 1.87. The number of hydrogen-bond acceptors (Lipinski definition) is 4. The van der Waals surface area contributed by atoms with Crippen molar-refractivity contribution in [3.05, 3.63) is 52.5 Å². The van der Waals surface area contributed by atoms with Gasteiger partial charge in [0.15, 0.2) is 0 Å². The highest BCUT2D eigenvalue weighted by Gasteiger charge is 2.08. The Labute approximate surface area is 131 Å². The van der Waals surface area contributed by atoms with Gasteiger partial charge in [-0.25, -0.2) is 0 Å². The minimum Gasteiger partial charge on any atom is -0.379 e. The minimum absolute atomic E-state index is 0.315. The van der Waals surface area contributed by atoms with Gasteiger partial charge in [-0.15, -0.1) is 0 Å². The van der Waals surface area contributed by atoms with Gasteiger partial charge in [-0.1, -0.05) is 0 Å². The Morgan fingerprint density at radius 3 is 2.57 bits per heavy atom. The molecule has 3 nitrogen and oxygen atoms in total. The standard InChI is InChI=1S/C17H24N2OS/c1-15(2)20-10-3-9-19(13-17-6-11-21-14-17)12-16-4-7-18-8-5-16/h4-8,11,14-15H,3,9-10,12-13H2,1-2H3. The molecule has 2 aromatic rings. The van der Waals surface area contributed by atoms with E-state index in [-0.39, 0.29) is 0 Å². The molecule has 0 aromatic carbocycles. The molecule has 0 fully saturated rings. The third kappa shape index (κ3) is 6.38. The third-order valence-corrected chi connectivity index (χ3v) is 3.94. The summed E-state index contributed by atoms with van der Waals surface area (Å²) in [5.74, 6) is 0. The molecule has 0 saturated heterocycles. The average molecular weight is 304 g/mol. The van der Waals surface area contributed by atoms with Crippen LogP contribution in [0.4, 0.5) is 0 Å². The van der Waals surface area contributed by atoms with Crippen molar-refractivity contribution in [2.75, 3.05) is 13.2 Å². The molecular weight excluding hydrogens is 280 g/mol. The predicted molar refractivity (Wildman–Crippen MR) is 88.4 cm³/mol. The van der Waals surface area contributed by atoms with Gasteiger partial charge in [0, 0.05) is 38.6 Å². The van der Waals surface area contributed by atoms with Crippen LogP contribution in [0.25, 0.3) is 0 Å². The average Bonchev–Trinajstić information content (AvgIpc) is 2.97. The second-order valence-electron chi connectivity index (χ2n) is 5.47. The predicted octanol–water partition coefficient (Wildman–Crippen LogP) is 3.96. The van der Waals surface area contributed by atoms with E-state index in [4.69, 9.17) is 4.74 Å². The van der Waals surface area contributed by atoms with Gasteiger partial charge < -0.3 is 4.74 Å². The summed E-state index contributed by atoms with van der Waals surface area (Å²) in [5.41, 5.74) is 2.70. The van der Waals surface area contributed by atoms with Crippen molar-refractivity contribution in [2.24, 2.45) is 0 Å². The normalized spacial score (nSPS) is 11.4. The zero-order chi connectivity index (χ0) is 14.9. The van der Waals surface area contributed by atoms with Crippen LogP contribution in [0.3, 0.4) is 0 Å². The number of nitrogens with zero attached hydrogens (tertiary/aromatic N) is 2. The highest BCUT2D eigenvalue weighted by atomic mass is 32.1. The van der Waals surface area contributed by atoms with E-state index < -0.39 is 0 Å². The fourth-order valence-electron chi connectivity index (χ4n) is 2.21. The lowest BCUT2D eigenvalue weighted by molar-refractivity contribution is 0.0693. The highest BCUT2D eigenvalue weighted by Crippen LogP contribution is 2.13. The molecule has 0 atom stereocenters. The lowest BCUT2D eigenvalue weighted by atomic mass is 10.2. The first-order chi connectivity index (χ1) is 10.2. The molecule has 2 aromatic heterocycles. The summed E-state index contributed by atoms with van der Waals surface area (Å²) >= 11 is 1.76. The molecule has 21 heavy (non-hydrogen) atoms. The number of aromatic nitrogens is 1. The number of thiophene rings is 1. The fourth-order valence-corrected chi connectivity index (χ4v) is 2.87. The van der Waals surface area contributed by atoms with E-state index in [0.29, 0.717) is 6.10 Å². The molecule has 2 heterocycles. The minimum atomic E-state index is 0.315. The highest BCUT2D eigenvalue weighted by molar-refractivity contribution is 7.07. The van der Waals surface area contributed by atoms with Crippen LogP contribution in [0.15, 0.2) is 41.4 Å². The van der Waals surface area contributed by atoms with Gasteiger partial charge in [-0.2, -0.15) is 11.3 Å². The number of rotatable bonds is 9. The molecule has 0 aliphatic carbocycles. The second kappa shape index (κ2) is 8.93. The number of pyridine rings is 1. The zero-order valence-corrected chi connectivity index (χ0v) is 13.7. The monoisotopic (exact) mass is 304 g/mol. The van der Waals surface area contributed by atoms with Crippen LogP contribution in [-0.4, -0.2) is 29.1 Å². The van der Waals surface area contributed by atoms with Crippen molar-refractivity contribution in [3.8, 4) is 0 Å². The van der Waals surface area contributed by atoms with E-state index in [1.54, 1.807) is 11.3 Å². The van der Waals surface area contributed by atoms with E-state index in [1.165, 1.54) is 11.1 Å². The summed E-state index contributed by atoms with van der Waals surface area (Å²) in [6.07, 6.45) is 5.10. The first-order valence-corrected chi connectivity index (χ1v) is 8.42. The van der Waals surface area contributed by atoms with E-state index in [9.17, 15) is 0 Å².